The number of aromatic nitrogens is 1. The lowest BCUT2D eigenvalue weighted by Crippen LogP contribution is -2.07. The number of amides is 1. The standard InChI is InChI=1S/C32H20Cl2N2O3/c33-26-8-4-7-25(31(26)34)28-17-14-24(38-28)15-18-30(37)35-23-13-16-29-27(19-23)36-32(39-29)22-11-9-21(10-12-22)20-5-2-1-3-6-20/h1-19H,(H,35,37). The number of benzene rings is 4. The Labute approximate surface area is 234 Å². The van der Waals surface area contributed by atoms with E-state index in [-0.39, 0.29) is 5.91 Å². The summed E-state index contributed by atoms with van der Waals surface area (Å²) in [5.41, 5.74) is 5.70. The van der Waals surface area contributed by atoms with Gasteiger partial charge in [0, 0.05) is 22.9 Å². The summed E-state index contributed by atoms with van der Waals surface area (Å²) in [5.74, 6) is 1.27. The van der Waals surface area contributed by atoms with Gasteiger partial charge in [-0.15, -0.1) is 0 Å². The van der Waals surface area contributed by atoms with E-state index >= 15 is 0 Å². The number of hydrogen-bond donors (Lipinski definition) is 1. The van der Waals surface area contributed by atoms with Crippen molar-refractivity contribution in [1.82, 2.24) is 4.98 Å². The largest absolute Gasteiger partial charge is 0.457 e. The first kappa shape index (κ1) is 24.7. The van der Waals surface area contributed by atoms with E-state index in [0.29, 0.717) is 49.8 Å². The van der Waals surface area contributed by atoms with Crippen LogP contribution in [0.5, 0.6) is 0 Å². The van der Waals surface area contributed by atoms with Gasteiger partial charge in [-0.25, -0.2) is 4.98 Å². The Kier molecular flexibility index (Phi) is 6.76. The second-order valence-electron chi connectivity index (χ2n) is 8.77. The average Bonchev–Trinajstić information content (AvgIpc) is 3.61. The molecule has 1 N–H and O–H groups in total. The maximum atomic E-state index is 12.6. The van der Waals surface area contributed by atoms with Crippen molar-refractivity contribution in [1.29, 1.82) is 0 Å². The second-order valence-corrected chi connectivity index (χ2v) is 9.56. The summed E-state index contributed by atoms with van der Waals surface area (Å²) in [5, 5.41) is 3.70. The number of rotatable bonds is 6. The Morgan fingerprint density at radius 2 is 1.54 bits per heavy atom. The topological polar surface area (TPSA) is 68.3 Å². The predicted molar refractivity (Wildman–Crippen MR) is 157 cm³/mol. The van der Waals surface area contributed by atoms with E-state index in [1.165, 1.54) is 6.08 Å². The summed E-state index contributed by atoms with van der Waals surface area (Å²) in [6.07, 6.45) is 2.98. The highest BCUT2D eigenvalue weighted by Crippen LogP contribution is 2.34. The third kappa shape index (κ3) is 5.36. The molecule has 0 spiro atoms. The Morgan fingerprint density at radius 3 is 2.36 bits per heavy atom. The number of carbonyl (C=O) groups excluding carboxylic acids is 1. The van der Waals surface area contributed by atoms with Crippen molar-refractivity contribution in [3.8, 4) is 33.9 Å². The highest BCUT2D eigenvalue weighted by molar-refractivity contribution is 6.43. The number of hydrogen-bond acceptors (Lipinski definition) is 4. The van der Waals surface area contributed by atoms with Crippen LogP contribution in [0.2, 0.25) is 10.0 Å². The molecule has 0 atom stereocenters. The molecule has 0 saturated heterocycles. The van der Waals surface area contributed by atoms with Gasteiger partial charge >= 0.3 is 0 Å². The fraction of sp³-hybridized carbons (Fsp3) is 0. The van der Waals surface area contributed by atoms with Crippen LogP contribution in [0.25, 0.3) is 51.1 Å². The molecule has 0 saturated carbocycles. The van der Waals surface area contributed by atoms with Gasteiger partial charge < -0.3 is 14.2 Å². The summed E-state index contributed by atoms with van der Waals surface area (Å²) in [6.45, 7) is 0. The number of fused-ring (bicyclic) bond motifs is 1. The number of oxazole rings is 1. The van der Waals surface area contributed by atoms with Gasteiger partial charge in [-0.2, -0.15) is 0 Å². The van der Waals surface area contributed by atoms with Crippen LogP contribution < -0.4 is 5.32 Å². The van der Waals surface area contributed by atoms with Gasteiger partial charge in [0.05, 0.1) is 10.0 Å². The molecular formula is C32H20Cl2N2O3. The summed E-state index contributed by atoms with van der Waals surface area (Å²) in [6, 6.07) is 32.4. The molecule has 2 aromatic heterocycles. The zero-order valence-electron chi connectivity index (χ0n) is 20.4. The first-order valence-electron chi connectivity index (χ1n) is 12.1. The quantitative estimate of drug-likeness (QED) is 0.210. The molecule has 0 radical (unpaired) electrons. The molecule has 0 fully saturated rings. The van der Waals surface area contributed by atoms with E-state index in [1.807, 2.05) is 48.5 Å². The van der Waals surface area contributed by atoms with Crippen LogP contribution in [0, 0.1) is 0 Å². The smallest absolute Gasteiger partial charge is 0.248 e. The van der Waals surface area contributed by atoms with E-state index in [4.69, 9.17) is 32.0 Å². The maximum absolute atomic E-state index is 12.6. The Balaban J connectivity index is 1.14. The predicted octanol–water partition coefficient (Wildman–Crippen LogP) is 9.38. The molecule has 0 unspecified atom stereocenters. The van der Waals surface area contributed by atoms with Crippen LogP contribution in [-0.2, 0) is 4.79 Å². The summed E-state index contributed by atoms with van der Waals surface area (Å²) in [4.78, 5) is 17.2. The number of carbonyl (C=O) groups is 1. The third-order valence-electron chi connectivity index (χ3n) is 6.14. The van der Waals surface area contributed by atoms with Crippen LogP contribution in [0.4, 0.5) is 5.69 Å². The minimum absolute atomic E-state index is 0.312. The van der Waals surface area contributed by atoms with Gasteiger partial charge in [0.1, 0.15) is 17.0 Å². The third-order valence-corrected chi connectivity index (χ3v) is 6.96. The molecule has 4 aromatic carbocycles. The molecule has 2 heterocycles. The van der Waals surface area contributed by atoms with Crippen LogP contribution in [-0.4, -0.2) is 10.9 Å². The minimum Gasteiger partial charge on any atom is -0.457 e. The van der Waals surface area contributed by atoms with Gasteiger partial charge in [0.15, 0.2) is 5.58 Å². The average molecular weight is 551 g/mol. The summed E-state index contributed by atoms with van der Waals surface area (Å²) in [7, 11) is 0. The van der Waals surface area contributed by atoms with Crippen LogP contribution >= 0.6 is 23.2 Å². The number of nitrogens with zero attached hydrogens (tertiary/aromatic N) is 1. The van der Waals surface area contributed by atoms with Gasteiger partial charge in [-0.3, -0.25) is 4.79 Å². The fourth-order valence-corrected chi connectivity index (χ4v) is 4.58. The molecule has 39 heavy (non-hydrogen) atoms. The van der Waals surface area contributed by atoms with Crippen molar-refractivity contribution in [3.63, 3.8) is 0 Å². The van der Waals surface area contributed by atoms with Gasteiger partial charge in [0.25, 0.3) is 0 Å². The molecule has 0 aliphatic heterocycles. The zero-order chi connectivity index (χ0) is 26.8. The van der Waals surface area contributed by atoms with E-state index in [9.17, 15) is 4.79 Å². The van der Waals surface area contributed by atoms with E-state index in [1.54, 1.807) is 48.5 Å². The molecule has 0 bridgehead atoms. The SMILES string of the molecule is O=C(C=Cc1ccc(-c2cccc(Cl)c2Cl)o1)Nc1ccc2oc(-c3ccc(-c4ccccc4)cc3)nc2c1. The highest BCUT2D eigenvalue weighted by Gasteiger charge is 2.12. The summed E-state index contributed by atoms with van der Waals surface area (Å²) >= 11 is 12.4. The van der Waals surface area contributed by atoms with Crippen molar-refractivity contribution >= 4 is 52.0 Å². The number of halogens is 2. The molecule has 6 rings (SSSR count). The Hall–Kier alpha value is -4.58. The molecule has 1 amide bonds. The minimum atomic E-state index is -0.312. The van der Waals surface area contributed by atoms with Gasteiger partial charge in [-0.1, -0.05) is 71.7 Å². The van der Waals surface area contributed by atoms with Crippen LogP contribution in [0.1, 0.15) is 5.76 Å². The van der Waals surface area contributed by atoms with Crippen molar-refractivity contribution in [2.45, 2.75) is 0 Å². The van der Waals surface area contributed by atoms with E-state index in [2.05, 4.69) is 22.4 Å². The molecule has 5 nitrogen and oxygen atoms in total. The van der Waals surface area contributed by atoms with E-state index < -0.39 is 0 Å². The summed E-state index contributed by atoms with van der Waals surface area (Å²) < 4.78 is 11.8. The number of nitrogens with one attached hydrogen (secondary N) is 1. The van der Waals surface area contributed by atoms with Gasteiger partial charge in [-0.05, 0) is 71.8 Å². The molecular weight excluding hydrogens is 531 g/mol. The lowest BCUT2D eigenvalue weighted by atomic mass is 10.0. The zero-order valence-corrected chi connectivity index (χ0v) is 21.9. The monoisotopic (exact) mass is 550 g/mol. The Bertz CT molecular complexity index is 1820. The number of anilines is 1. The molecule has 6 aromatic rings. The second kappa shape index (κ2) is 10.7. The molecule has 0 aliphatic rings. The highest BCUT2D eigenvalue weighted by atomic mass is 35.5. The van der Waals surface area contributed by atoms with Gasteiger partial charge in [0.2, 0.25) is 11.8 Å². The van der Waals surface area contributed by atoms with Crippen molar-refractivity contribution in [3.05, 3.63) is 125 Å². The van der Waals surface area contributed by atoms with Crippen molar-refractivity contribution in [2.24, 2.45) is 0 Å². The van der Waals surface area contributed by atoms with Crippen molar-refractivity contribution in [2.75, 3.05) is 5.32 Å². The molecule has 190 valence electrons. The van der Waals surface area contributed by atoms with Crippen LogP contribution in [0.15, 0.2) is 118 Å². The van der Waals surface area contributed by atoms with E-state index in [0.717, 1.165) is 16.7 Å². The van der Waals surface area contributed by atoms with Crippen LogP contribution in [0.3, 0.4) is 0 Å². The lowest BCUT2D eigenvalue weighted by molar-refractivity contribution is -0.111. The normalized spacial score (nSPS) is 11.3. The molecule has 7 heteroatoms. The fourth-order valence-electron chi connectivity index (χ4n) is 4.19. The first-order chi connectivity index (χ1) is 19.0. The number of furan rings is 1. The lowest BCUT2D eigenvalue weighted by Gasteiger charge is -2.02. The Morgan fingerprint density at radius 1 is 0.769 bits per heavy atom. The maximum Gasteiger partial charge on any atom is 0.248 e. The molecule has 0 aliphatic carbocycles. The first-order valence-corrected chi connectivity index (χ1v) is 12.9. The van der Waals surface area contributed by atoms with Crippen molar-refractivity contribution < 1.29 is 13.6 Å².